The van der Waals surface area contributed by atoms with Gasteiger partial charge in [0.15, 0.2) is 6.29 Å². The first kappa shape index (κ1) is 23.7. The van der Waals surface area contributed by atoms with E-state index in [0.29, 0.717) is 6.42 Å². The zero-order valence-electron chi connectivity index (χ0n) is 16.8. The first-order chi connectivity index (χ1) is 12.8. The van der Waals surface area contributed by atoms with E-state index in [9.17, 15) is 35.7 Å². The zero-order valence-corrected chi connectivity index (χ0v) is 16.8. The number of aliphatic hydroxyl groups excluding tert-OH is 5. The molecule has 7 N–H and O–H groups in total. The molecule has 0 radical (unpaired) electrons. The van der Waals surface area contributed by atoms with E-state index in [1.807, 2.05) is 0 Å². The summed E-state index contributed by atoms with van der Waals surface area (Å²) < 4.78 is 10.9. The van der Waals surface area contributed by atoms with Gasteiger partial charge < -0.3 is 45.2 Å². The van der Waals surface area contributed by atoms with Crippen molar-refractivity contribution in [3.05, 3.63) is 12.2 Å². The van der Waals surface area contributed by atoms with Crippen molar-refractivity contribution in [2.45, 2.75) is 94.7 Å². The van der Waals surface area contributed by atoms with Crippen molar-refractivity contribution in [1.82, 2.24) is 0 Å². The SMILES string of the molecule is C[C@@H](/C=C/[C@]1(O)C(C)(C)C[C@@H](O)C[C@]1(C)O)O[C@@H]1O[C@H](CO)[C@@H](O)[C@H](O)[C@H]1O. The van der Waals surface area contributed by atoms with Gasteiger partial charge in [0.2, 0.25) is 0 Å². The molecule has 0 unspecified atom stereocenters. The molecule has 0 amide bonds. The number of hydrogen-bond acceptors (Lipinski definition) is 9. The van der Waals surface area contributed by atoms with Gasteiger partial charge in [-0.2, -0.15) is 0 Å². The van der Waals surface area contributed by atoms with Gasteiger partial charge in [-0.1, -0.05) is 26.0 Å². The lowest BCUT2D eigenvalue weighted by Crippen LogP contribution is -2.65. The molecule has 0 bridgehead atoms. The normalized spacial score (nSPS) is 48.0. The van der Waals surface area contributed by atoms with Crippen LogP contribution in [0.3, 0.4) is 0 Å². The summed E-state index contributed by atoms with van der Waals surface area (Å²) in [5.41, 5.74) is -4.05. The molecular weight excluding hydrogens is 372 g/mol. The van der Waals surface area contributed by atoms with E-state index in [4.69, 9.17) is 9.47 Å². The summed E-state index contributed by atoms with van der Waals surface area (Å²) >= 11 is 0. The summed E-state index contributed by atoms with van der Waals surface area (Å²) in [4.78, 5) is 0. The fourth-order valence-corrected chi connectivity index (χ4v) is 4.28. The first-order valence-corrected chi connectivity index (χ1v) is 9.54. The second-order valence-electron chi connectivity index (χ2n) is 8.88. The fraction of sp³-hybridized carbons (Fsp3) is 0.895. The predicted molar refractivity (Wildman–Crippen MR) is 98.0 cm³/mol. The zero-order chi connectivity index (χ0) is 21.5. The lowest BCUT2D eigenvalue weighted by Gasteiger charge is -2.55. The van der Waals surface area contributed by atoms with Crippen LogP contribution in [0.25, 0.3) is 0 Å². The maximum Gasteiger partial charge on any atom is 0.187 e. The van der Waals surface area contributed by atoms with Gasteiger partial charge in [0.05, 0.1) is 24.4 Å². The van der Waals surface area contributed by atoms with E-state index in [0.717, 1.165) is 0 Å². The van der Waals surface area contributed by atoms with Crippen molar-refractivity contribution < 1.29 is 45.2 Å². The molecule has 1 saturated heterocycles. The smallest absolute Gasteiger partial charge is 0.187 e. The van der Waals surface area contributed by atoms with Crippen LogP contribution < -0.4 is 0 Å². The molecule has 2 aliphatic rings. The Morgan fingerprint density at radius 3 is 2.18 bits per heavy atom. The molecule has 28 heavy (non-hydrogen) atoms. The highest BCUT2D eigenvalue weighted by Gasteiger charge is 2.58. The van der Waals surface area contributed by atoms with Crippen LogP contribution in [0.15, 0.2) is 12.2 Å². The summed E-state index contributed by atoms with van der Waals surface area (Å²) in [5, 5.41) is 70.9. The Morgan fingerprint density at radius 2 is 1.64 bits per heavy atom. The molecule has 0 aromatic carbocycles. The summed E-state index contributed by atoms with van der Waals surface area (Å²) in [6.07, 6.45) is -5.14. The van der Waals surface area contributed by atoms with Crippen LogP contribution in [-0.2, 0) is 9.47 Å². The van der Waals surface area contributed by atoms with Crippen molar-refractivity contribution in [3.8, 4) is 0 Å². The standard InChI is InChI=1S/C19H34O9/c1-10(27-16-15(24)14(23)13(22)12(9-20)28-16)5-6-19(26)17(2,3)7-11(21)8-18(19,4)25/h5-6,10-16,20-26H,7-9H2,1-4H3/b6-5+/t10-,11+,12+,13+,14-,15+,16+,18-,19-/m0/s1. The summed E-state index contributed by atoms with van der Waals surface area (Å²) in [6.45, 7) is 6.01. The lowest BCUT2D eigenvalue weighted by molar-refractivity contribution is -0.306. The third kappa shape index (κ3) is 4.28. The van der Waals surface area contributed by atoms with Gasteiger partial charge >= 0.3 is 0 Å². The molecule has 0 aromatic rings. The minimum atomic E-state index is -1.65. The van der Waals surface area contributed by atoms with Crippen LogP contribution in [-0.4, -0.2) is 96.5 Å². The Bertz CT molecular complexity index is 542. The van der Waals surface area contributed by atoms with Crippen molar-refractivity contribution >= 4 is 0 Å². The second kappa shape index (κ2) is 8.25. The van der Waals surface area contributed by atoms with E-state index in [1.165, 1.54) is 19.1 Å². The van der Waals surface area contributed by atoms with Crippen LogP contribution >= 0.6 is 0 Å². The molecule has 9 atom stereocenters. The monoisotopic (exact) mass is 406 g/mol. The van der Waals surface area contributed by atoms with E-state index >= 15 is 0 Å². The van der Waals surface area contributed by atoms with Crippen LogP contribution in [0.4, 0.5) is 0 Å². The third-order valence-corrected chi connectivity index (χ3v) is 6.04. The van der Waals surface area contributed by atoms with Gasteiger partial charge in [0, 0.05) is 11.8 Å². The van der Waals surface area contributed by atoms with Crippen LogP contribution in [0.5, 0.6) is 0 Å². The van der Waals surface area contributed by atoms with Gasteiger partial charge in [-0.05, 0) is 20.3 Å². The summed E-state index contributed by atoms with van der Waals surface area (Å²) in [6, 6.07) is 0. The van der Waals surface area contributed by atoms with Crippen LogP contribution in [0.2, 0.25) is 0 Å². The topological polar surface area (TPSA) is 160 Å². The van der Waals surface area contributed by atoms with Crippen LogP contribution in [0.1, 0.15) is 40.5 Å². The van der Waals surface area contributed by atoms with Gasteiger partial charge in [-0.15, -0.1) is 0 Å². The van der Waals surface area contributed by atoms with Crippen LogP contribution in [0, 0.1) is 5.41 Å². The molecule has 2 rings (SSSR count). The molecule has 1 heterocycles. The molecular formula is C19H34O9. The third-order valence-electron chi connectivity index (χ3n) is 6.04. The minimum Gasteiger partial charge on any atom is -0.394 e. The molecule has 0 spiro atoms. The highest BCUT2D eigenvalue weighted by Crippen LogP contribution is 2.50. The van der Waals surface area contributed by atoms with Crippen molar-refractivity contribution in [1.29, 1.82) is 0 Å². The Labute approximate surface area is 164 Å². The molecule has 1 saturated carbocycles. The predicted octanol–water partition coefficient (Wildman–Crippen LogP) is -1.59. The quantitative estimate of drug-likeness (QED) is 0.267. The van der Waals surface area contributed by atoms with E-state index in [2.05, 4.69) is 0 Å². The molecule has 9 nitrogen and oxygen atoms in total. The maximum atomic E-state index is 11.2. The second-order valence-corrected chi connectivity index (χ2v) is 8.88. The molecule has 9 heteroatoms. The van der Waals surface area contributed by atoms with E-state index in [1.54, 1.807) is 20.8 Å². The molecule has 1 aliphatic carbocycles. The highest BCUT2D eigenvalue weighted by atomic mass is 16.7. The maximum absolute atomic E-state index is 11.2. The molecule has 164 valence electrons. The number of aliphatic hydroxyl groups is 7. The number of rotatable bonds is 5. The van der Waals surface area contributed by atoms with Gasteiger partial charge in [-0.3, -0.25) is 0 Å². The largest absolute Gasteiger partial charge is 0.394 e. The van der Waals surface area contributed by atoms with Crippen molar-refractivity contribution in [2.24, 2.45) is 5.41 Å². The molecule has 2 fully saturated rings. The lowest BCUT2D eigenvalue weighted by atomic mass is 9.57. The van der Waals surface area contributed by atoms with Crippen molar-refractivity contribution in [3.63, 3.8) is 0 Å². The van der Waals surface area contributed by atoms with Gasteiger partial charge in [0.25, 0.3) is 0 Å². The Hall–Kier alpha value is -0.620. The summed E-state index contributed by atoms with van der Waals surface area (Å²) in [7, 11) is 0. The average Bonchev–Trinajstić information content (AvgIpc) is 2.57. The Balaban J connectivity index is 2.13. The number of ether oxygens (including phenoxy) is 2. The fourth-order valence-electron chi connectivity index (χ4n) is 4.28. The average molecular weight is 406 g/mol. The minimum absolute atomic E-state index is 0.0131. The van der Waals surface area contributed by atoms with Gasteiger partial charge in [0.1, 0.15) is 30.0 Å². The Kier molecular flexibility index (Phi) is 6.97. The molecule has 1 aliphatic heterocycles. The number of hydrogen-bond donors (Lipinski definition) is 7. The summed E-state index contributed by atoms with van der Waals surface area (Å²) in [5.74, 6) is 0. The van der Waals surface area contributed by atoms with Crippen molar-refractivity contribution in [2.75, 3.05) is 6.61 Å². The van der Waals surface area contributed by atoms with E-state index in [-0.39, 0.29) is 6.42 Å². The highest BCUT2D eigenvalue weighted by molar-refractivity contribution is 5.21. The first-order valence-electron chi connectivity index (χ1n) is 9.54. The van der Waals surface area contributed by atoms with Gasteiger partial charge in [-0.25, -0.2) is 0 Å². The molecule has 0 aromatic heterocycles. The van der Waals surface area contributed by atoms with E-state index < -0.39 is 66.1 Å². The Morgan fingerprint density at radius 1 is 1.04 bits per heavy atom.